The summed E-state index contributed by atoms with van der Waals surface area (Å²) in [5.41, 5.74) is 3.51. The molecule has 1 N–H and O–H groups in total. The summed E-state index contributed by atoms with van der Waals surface area (Å²) in [5, 5.41) is 10.9. The molecule has 0 saturated heterocycles. The molecule has 0 fully saturated rings. The van der Waals surface area contributed by atoms with E-state index in [1.165, 1.54) is 43.2 Å². The zero-order chi connectivity index (χ0) is 18.9. The van der Waals surface area contributed by atoms with Gasteiger partial charge in [0.25, 0.3) is 0 Å². The van der Waals surface area contributed by atoms with Crippen molar-refractivity contribution in [1.29, 1.82) is 0 Å². The number of phenolic OH excluding ortho intramolecular Hbond substituents is 1. The fourth-order valence-electron chi connectivity index (χ4n) is 4.91. The summed E-state index contributed by atoms with van der Waals surface area (Å²) in [7, 11) is 0. The Labute approximate surface area is 159 Å². The van der Waals surface area contributed by atoms with Crippen LogP contribution in [-0.2, 0) is 0 Å². The molecule has 1 aromatic carbocycles. The molecule has 0 radical (unpaired) electrons. The van der Waals surface area contributed by atoms with Crippen LogP contribution >= 0.6 is 0 Å². The Balaban J connectivity index is 1.87. The van der Waals surface area contributed by atoms with E-state index >= 15 is 0 Å². The van der Waals surface area contributed by atoms with E-state index in [4.69, 9.17) is 4.74 Å². The lowest BCUT2D eigenvalue weighted by Crippen LogP contribution is -2.45. The van der Waals surface area contributed by atoms with Gasteiger partial charge in [-0.05, 0) is 63.6 Å². The van der Waals surface area contributed by atoms with Crippen LogP contribution in [0.25, 0.3) is 0 Å². The second kappa shape index (κ2) is 7.66. The number of aromatic hydroxyl groups is 1. The molecular formula is C24H36O2. The number of hydrogen-bond donors (Lipinski definition) is 1. The van der Waals surface area contributed by atoms with Crippen molar-refractivity contribution in [1.82, 2.24) is 0 Å². The van der Waals surface area contributed by atoms with Gasteiger partial charge in [0.15, 0.2) is 0 Å². The molecule has 0 bridgehead atoms. The Morgan fingerprint density at radius 3 is 2.73 bits per heavy atom. The van der Waals surface area contributed by atoms with Gasteiger partial charge in [0.05, 0.1) is 0 Å². The second-order valence-electron chi connectivity index (χ2n) is 9.11. The van der Waals surface area contributed by atoms with Crippen molar-refractivity contribution in [3.63, 3.8) is 0 Å². The molecule has 0 amide bonds. The molecule has 2 aliphatic rings. The minimum absolute atomic E-state index is 0.190. The third-order valence-electron chi connectivity index (χ3n) is 6.59. The first-order valence-corrected chi connectivity index (χ1v) is 10.5. The summed E-state index contributed by atoms with van der Waals surface area (Å²) in [6.45, 7) is 11.2. The van der Waals surface area contributed by atoms with Crippen molar-refractivity contribution in [2.24, 2.45) is 5.92 Å². The van der Waals surface area contributed by atoms with Crippen LogP contribution in [0.2, 0.25) is 0 Å². The molecule has 0 unspecified atom stereocenters. The number of ether oxygens (including phenoxy) is 1. The van der Waals surface area contributed by atoms with Crippen LogP contribution in [0.3, 0.4) is 0 Å². The molecule has 0 aromatic heterocycles. The molecule has 1 aromatic rings. The zero-order valence-corrected chi connectivity index (χ0v) is 17.3. The van der Waals surface area contributed by atoms with Crippen LogP contribution in [0.1, 0.15) is 103 Å². The summed E-state index contributed by atoms with van der Waals surface area (Å²) in [6, 6.07) is 4.22. The van der Waals surface area contributed by atoms with Gasteiger partial charge in [-0.2, -0.15) is 0 Å². The zero-order valence-electron chi connectivity index (χ0n) is 17.3. The van der Waals surface area contributed by atoms with E-state index in [1.807, 2.05) is 6.07 Å². The number of unbranched alkanes of at least 4 members (excludes halogenated alkanes) is 3. The molecule has 0 spiro atoms. The van der Waals surface area contributed by atoms with Gasteiger partial charge in [0.1, 0.15) is 17.1 Å². The predicted octanol–water partition coefficient (Wildman–Crippen LogP) is 7.08. The third kappa shape index (κ3) is 3.80. The van der Waals surface area contributed by atoms with Gasteiger partial charge in [0.2, 0.25) is 0 Å². The van der Waals surface area contributed by atoms with Crippen LogP contribution in [0, 0.1) is 5.92 Å². The van der Waals surface area contributed by atoms with E-state index in [-0.39, 0.29) is 5.60 Å². The van der Waals surface area contributed by atoms with Crippen molar-refractivity contribution in [3.8, 4) is 11.5 Å². The first kappa shape index (κ1) is 19.3. The van der Waals surface area contributed by atoms with E-state index in [9.17, 15) is 5.11 Å². The maximum absolute atomic E-state index is 10.9. The Kier molecular flexibility index (Phi) is 5.69. The summed E-state index contributed by atoms with van der Waals surface area (Å²) in [4.78, 5) is 0. The fourth-order valence-corrected chi connectivity index (χ4v) is 4.91. The highest BCUT2D eigenvalue weighted by Crippen LogP contribution is 2.54. The molecule has 1 aliphatic carbocycles. The standard InChI is InChI=1S/C24H36O2/c1-6-7-8-9-10-17(3)18-14-21(25)23-19-13-16(2)11-12-20(19)24(4,5)26-22(23)15-18/h11,14-15,17,19-20,25H,6-10,12-13H2,1-5H3/t17-,19+,20+/m0/s1. The van der Waals surface area contributed by atoms with Crippen molar-refractivity contribution in [3.05, 3.63) is 34.9 Å². The lowest BCUT2D eigenvalue weighted by Gasteiger charge is -2.47. The van der Waals surface area contributed by atoms with Crippen molar-refractivity contribution >= 4 is 0 Å². The number of benzene rings is 1. The van der Waals surface area contributed by atoms with Crippen LogP contribution in [0.15, 0.2) is 23.8 Å². The van der Waals surface area contributed by atoms with Gasteiger partial charge in [-0.15, -0.1) is 0 Å². The van der Waals surface area contributed by atoms with Crippen LogP contribution in [0.4, 0.5) is 0 Å². The van der Waals surface area contributed by atoms with Crippen molar-refractivity contribution in [2.75, 3.05) is 0 Å². The van der Waals surface area contributed by atoms with Crippen molar-refractivity contribution in [2.45, 2.75) is 97.0 Å². The maximum Gasteiger partial charge on any atom is 0.127 e. The number of rotatable bonds is 6. The molecule has 0 saturated carbocycles. The first-order valence-electron chi connectivity index (χ1n) is 10.5. The Hall–Kier alpha value is -1.44. The Morgan fingerprint density at radius 2 is 2.00 bits per heavy atom. The Bertz CT molecular complexity index is 671. The maximum atomic E-state index is 10.9. The minimum atomic E-state index is -0.190. The summed E-state index contributed by atoms with van der Waals surface area (Å²) in [5.74, 6) is 2.62. The minimum Gasteiger partial charge on any atom is -0.508 e. The number of phenols is 1. The fraction of sp³-hybridized carbons (Fsp3) is 0.667. The molecule has 1 heterocycles. The van der Waals surface area contributed by atoms with Gasteiger partial charge in [0, 0.05) is 17.4 Å². The summed E-state index contributed by atoms with van der Waals surface area (Å²) >= 11 is 0. The van der Waals surface area contributed by atoms with Gasteiger partial charge < -0.3 is 9.84 Å². The van der Waals surface area contributed by atoms with E-state index in [1.54, 1.807) is 0 Å². The smallest absolute Gasteiger partial charge is 0.127 e. The molecule has 1 aliphatic heterocycles. The largest absolute Gasteiger partial charge is 0.508 e. The monoisotopic (exact) mass is 356 g/mol. The van der Waals surface area contributed by atoms with Gasteiger partial charge in [-0.3, -0.25) is 0 Å². The molecular weight excluding hydrogens is 320 g/mol. The highest BCUT2D eigenvalue weighted by atomic mass is 16.5. The highest BCUT2D eigenvalue weighted by molar-refractivity contribution is 5.53. The quantitative estimate of drug-likeness (QED) is 0.436. The number of fused-ring (bicyclic) bond motifs is 3. The van der Waals surface area contributed by atoms with Gasteiger partial charge in [-0.1, -0.05) is 51.2 Å². The summed E-state index contributed by atoms with van der Waals surface area (Å²) < 4.78 is 6.45. The molecule has 3 rings (SSSR count). The molecule has 26 heavy (non-hydrogen) atoms. The predicted molar refractivity (Wildman–Crippen MR) is 109 cm³/mol. The van der Waals surface area contributed by atoms with Gasteiger partial charge >= 0.3 is 0 Å². The molecule has 144 valence electrons. The average molecular weight is 357 g/mol. The highest BCUT2D eigenvalue weighted by Gasteiger charge is 2.45. The number of hydrogen-bond acceptors (Lipinski definition) is 2. The lowest BCUT2D eigenvalue weighted by atomic mass is 9.67. The topological polar surface area (TPSA) is 29.5 Å². The molecule has 2 heteroatoms. The van der Waals surface area contributed by atoms with Crippen LogP contribution in [0.5, 0.6) is 11.5 Å². The van der Waals surface area contributed by atoms with Crippen LogP contribution < -0.4 is 4.74 Å². The molecule has 3 atom stereocenters. The average Bonchev–Trinajstić information content (AvgIpc) is 2.57. The van der Waals surface area contributed by atoms with E-state index < -0.39 is 0 Å². The summed E-state index contributed by atoms with van der Waals surface area (Å²) in [6.07, 6.45) is 10.7. The van der Waals surface area contributed by atoms with Crippen LogP contribution in [-0.4, -0.2) is 10.7 Å². The SMILES string of the molecule is CCCCCC[C@H](C)c1cc(O)c2c(c1)OC(C)(C)[C@@H]1CC=C(C)C[C@@H]21. The third-order valence-corrected chi connectivity index (χ3v) is 6.59. The second-order valence-corrected chi connectivity index (χ2v) is 9.11. The first-order chi connectivity index (χ1) is 12.3. The lowest BCUT2D eigenvalue weighted by molar-refractivity contribution is 0.00749. The van der Waals surface area contributed by atoms with Crippen molar-refractivity contribution < 1.29 is 9.84 Å². The van der Waals surface area contributed by atoms with E-state index in [0.717, 1.165) is 24.2 Å². The molecule has 2 nitrogen and oxygen atoms in total. The van der Waals surface area contributed by atoms with E-state index in [0.29, 0.717) is 23.5 Å². The van der Waals surface area contributed by atoms with E-state index in [2.05, 4.69) is 46.8 Å². The normalized spacial score (nSPS) is 24.9. The van der Waals surface area contributed by atoms with Gasteiger partial charge in [-0.25, -0.2) is 0 Å². The number of allylic oxidation sites excluding steroid dienone is 2. The Morgan fingerprint density at radius 1 is 1.23 bits per heavy atom.